The maximum atomic E-state index is 12.8. The minimum Gasteiger partial charge on any atom is -0.302 e. The van der Waals surface area contributed by atoms with E-state index >= 15 is 0 Å². The highest BCUT2D eigenvalue weighted by atomic mass is 32.2. The van der Waals surface area contributed by atoms with Gasteiger partial charge in [-0.2, -0.15) is 5.10 Å². The van der Waals surface area contributed by atoms with E-state index in [1.807, 2.05) is 41.8 Å². The van der Waals surface area contributed by atoms with Crippen LogP contribution >= 0.6 is 11.8 Å². The Kier molecular flexibility index (Phi) is 6.32. The number of hydrogen-bond acceptors (Lipinski definition) is 5. The Bertz CT molecular complexity index is 925. The number of thioether (sulfide) groups is 1. The normalized spacial score (nSPS) is 11.0. The molecular formula is C19H18FN5OS. The van der Waals surface area contributed by atoms with Crippen molar-refractivity contribution in [2.75, 3.05) is 5.75 Å². The molecule has 0 atom stereocenters. The highest BCUT2D eigenvalue weighted by Gasteiger charge is 2.14. The first kappa shape index (κ1) is 18.8. The molecule has 27 heavy (non-hydrogen) atoms. The van der Waals surface area contributed by atoms with Crippen molar-refractivity contribution < 1.29 is 9.18 Å². The van der Waals surface area contributed by atoms with Crippen molar-refractivity contribution in [1.29, 1.82) is 0 Å². The summed E-state index contributed by atoms with van der Waals surface area (Å²) in [7, 11) is 0. The van der Waals surface area contributed by atoms with Crippen LogP contribution in [0.25, 0.3) is 11.4 Å². The molecule has 0 spiro atoms. The van der Waals surface area contributed by atoms with Crippen molar-refractivity contribution in [2.24, 2.45) is 5.10 Å². The van der Waals surface area contributed by atoms with Crippen LogP contribution in [0.5, 0.6) is 0 Å². The highest BCUT2D eigenvalue weighted by molar-refractivity contribution is 7.99. The Hall–Kier alpha value is -3.00. The van der Waals surface area contributed by atoms with Gasteiger partial charge in [-0.25, -0.2) is 9.82 Å². The molecule has 0 aliphatic heterocycles. The molecule has 1 amide bonds. The van der Waals surface area contributed by atoms with Gasteiger partial charge in [0.15, 0.2) is 11.0 Å². The Labute approximate surface area is 160 Å². The standard InChI is InChI=1S/C19H18FN5OS/c1-2-25-18(15-6-4-3-5-7-15)23-24-19(25)27-13-17(26)22-21-12-14-8-10-16(20)11-9-14/h3-12H,2,13H2,1H3,(H,22,26)/b21-12+. The molecule has 0 saturated heterocycles. The molecule has 0 aliphatic carbocycles. The molecule has 3 aromatic rings. The van der Waals surface area contributed by atoms with Gasteiger partial charge in [0.1, 0.15) is 5.82 Å². The molecule has 0 saturated carbocycles. The molecule has 0 radical (unpaired) electrons. The number of hydrogen-bond donors (Lipinski definition) is 1. The van der Waals surface area contributed by atoms with Gasteiger partial charge < -0.3 is 4.57 Å². The third kappa shape index (κ3) is 5.01. The number of nitrogens with zero attached hydrogens (tertiary/aromatic N) is 4. The minimum absolute atomic E-state index is 0.160. The van der Waals surface area contributed by atoms with E-state index in [-0.39, 0.29) is 17.5 Å². The molecule has 138 valence electrons. The van der Waals surface area contributed by atoms with E-state index < -0.39 is 0 Å². The predicted octanol–water partition coefficient (Wildman–Crippen LogP) is 3.35. The van der Waals surface area contributed by atoms with Crippen LogP contribution in [0.3, 0.4) is 0 Å². The molecule has 1 N–H and O–H groups in total. The summed E-state index contributed by atoms with van der Waals surface area (Å²) in [5, 5.41) is 13.0. The van der Waals surface area contributed by atoms with E-state index in [2.05, 4.69) is 20.7 Å². The van der Waals surface area contributed by atoms with Crippen molar-refractivity contribution in [3.63, 3.8) is 0 Å². The summed E-state index contributed by atoms with van der Waals surface area (Å²) in [5.74, 6) is 0.358. The molecule has 0 fully saturated rings. The third-order valence-corrected chi connectivity index (χ3v) is 4.64. The minimum atomic E-state index is -0.317. The number of amides is 1. The molecule has 2 aromatic carbocycles. The summed E-state index contributed by atoms with van der Waals surface area (Å²) in [4.78, 5) is 12.0. The number of benzene rings is 2. The van der Waals surface area contributed by atoms with Gasteiger partial charge in [-0.15, -0.1) is 10.2 Å². The molecule has 8 heteroatoms. The van der Waals surface area contributed by atoms with Crippen LogP contribution in [-0.2, 0) is 11.3 Å². The second-order valence-corrected chi connectivity index (χ2v) is 6.49. The lowest BCUT2D eigenvalue weighted by Crippen LogP contribution is -2.20. The van der Waals surface area contributed by atoms with Crippen molar-refractivity contribution >= 4 is 23.9 Å². The maximum Gasteiger partial charge on any atom is 0.250 e. The Balaban J connectivity index is 1.57. The fourth-order valence-corrected chi connectivity index (χ4v) is 3.17. The lowest BCUT2D eigenvalue weighted by Gasteiger charge is -2.06. The molecule has 0 aliphatic rings. The summed E-state index contributed by atoms with van der Waals surface area (Å²) < 4.78 is 14.8. The number of carbonyl (C=O) groups excluding carboxylic acids is 1. The predicted molar refractivity (Wildman–Crippen MR) is 104 cm³/mol. The van der Waals surface area contributed by atoms with Gasteiger partial charge >= 0.3 is 0 Å². The second-order valence-electron chi connectivity index (χ2n) is 5.55. The average Bonchev–Trinajstić information content (AvgIpc) is 3.11. The van der Waals surface area contributed by atoms with Crippen LogP contribution in [0.2, 0.25) is 0 Å². The molecule has 0 unspecified atom stereocenters. The van der Waals surface area contributed by atoms with Gasteiger partial charge in [-0.1, -0.05) is 54.2 Å². The maximum absolute atomic E-state index is 12.8. The van der Waals surface area contributed by atoms with Gasteiger partial charge in [-0.3, -0.25) is 4.79 Å². The van der Waals surface area contributed by atoms with Crippen LogP contribution in [0.1, 0.15) is 12.5 Å². The van der Waals surface area contributed by atoms with Gasteiger partial charge in [0.25, 0.3) is 5.91 Å². The van der Waals surface area contributed by atoms with Gasteiger partial charge in [0, 0.05) is 12.1 Å². The Morgan fingerprint density at radius 1 is 1.19 bits per heavy atom. The molecule has 3 rings (SSSR count). The van der Waals surface area contributed by atoms with Crippen LogP contribution in [0, 0.1) is 5.82 Å². The smallest absolute Gasteiger partial charge is 0.250 e. The fraction of sp³-hybridized carbons (Fsp3) is 0.158. The quantitative estimate of drug-likeness (QED) is 0.386. The van der Waals surface area contributed by atoms with Crippen LogP contribution in [0.4, 0.5) is 4.39 Å². The molecule has 1 heterocycles. The lowest BCUT2D eigenvalue weighted by atomic mass is 10.2. The van der Waals surface area contributed by atoms with Gasteiger partial charge in [0.05, 0.1) is 12.0 Å². The van der Waals surface area contributed by atoms with Crippen molar-refractivity contribution in [3.05, 3.63) is 66.0 Å². The van der Waals surface area contributed by atoms with Gasteiger partial charge in [0.2, 0.25) is 0 Å². The van der Waals surface area contributed by atoms with Crippen LogP contribution in [-0.4, -0.2) is 32.6 Å². The zero-order valence-corrected chi connectivity index (χ0v) is 15.5. The number of carbonyl (C=O) groups is 1. The number of halogens is 1. The van der Waals surface area contributed by atoms with Crippen molar-refractivity contribution in [2.45, 2.75) is 18.6 Å². The van der Waals surface area contributed by atoms with E-state index in [0.29, 0.717) is 17.3 Å². The van der Waals surface area contributed by atoms with E-state index in [0.717, 1.165) is 11.4 Å². The SMILES string of the molecule is CCn1c(SCC(=O)N/N=C/c2ccc(F)cc2)nnc1-c1ccccc1. The van der Waals surface area contributed by atoms with Crippen molar-refractivity contribution in [3.8, 4) is 11.4 Å². The van der Waals surface area contributed by atoms with Crippen LogP contribution in [0.15, 0.2) is 64.9 Å². The number of rotatable bonds is 7. The lowest BCUT2D eigenvalue weighted by molar-refractivity contribution is -0.118. The van der Waals surface area contributed by atoms with E-state index in [1.165, 1.54) is 30.1 Å². The summed E-state index contributed by atoms with van der Waals surface area (Å²) >= 11 is 1.30. The zero-order chi connectivity index (χ0) is 19.1. The molecular weight excluding hydrogens is 365 g/mol. The Morgan fingerprint density at radius 2 is 1.93 bits per heavy atom. The summed E-state index contributed by atoms with van der Waals surface area (Å²) in [6.07, 6.45) is 1.46. The number of hydrazone groups is 1. The van der Waals surface area contributed by atoms with E-state index in [9.17, 15) is 9.18 Å². The first-order valence-corrected chi connectivity index (χ1v) is 9.35. The first-order valence-electron chi connectivity index (χ1n) is 8.36. The summed E-state index contributed by atoms with van der Waals surface area (Å²) in [6.45, 7) is 2.71. The monoisotopic (exact) mass is 383 g/mol. The fourth-order valence-electron chi connectivity index (χ4n) is 2.37. The highest BCUT2D eigenvalue weighted by Crippen LogP contribution is 2.23. The number of aromatic nitrogens is 3. The van der Waals surface area contributed by atoms with Gasteiger partial charge in [-0.05, 0) is 24.6 Å². The Morgan fingerprint density at radius 3 is 2.63 bits per heavy atom. The van der Waals surface area contributed by atoms with Crippen LogP contribution < -0.4 is 5.43 Å². The van der Waals surface area contributed by atoms with E-state index in [4.69, 9.17) is 0 Å². The zero-order valence-electron chi connectivity index (χ0n) is 14.7. The number of nitrogens with one attached hydrogen (secondary N) is 1. The third-order valence-electron chi connectivity index (χ3n) is 3.67. The molecule has 1 aromatic heterocycles. The van der Waals surface area contributed by atoms with E-state index in [1.54, 1.807) is 12.1 Å². The molecule has 6 nitrogen and oxygen atoms in total. The molecule has 0 bridgehead atoms. The summed E-state index contributed by atoms with van der Waals surface area (Å²) in [5.41, 5.74) is 4.13. The average molecular weight is 383 g/mol. The largest absolute Gasteiger partial charge is 0.302 e. The second kappa shape index (κ2) is 9.09. The van der Waals surface area contributed by atoms with Crippen molar-refractivity contribution in [1.82, 2.24) is 20.2 Å². The topological polar surface area (TPSA) is 72.2 Å². The summed E-state index contributed by atoms with van der Waals surface area (Å²) in [6, 6.07) is 15.6. The first-order chi connectivity index (χ1) is 13.2.